The first kappa shape index (κ1) is 9.99. The van der Waals surface area contributed by atoms with E-state index in [-0.39, 0.29) is 0 Å². The number of benzene rings is 1. The fraction of sp³-hybridized carbons (Fsp3) is 0.462. The van der Waals surface area contributed by atoms with Crippen LogP contribution in [0.25, 0.3) is 0 Å². The van der Waals surface area contributed by atoms with E-state index in [4.69, 9.17) is 16.9 Å². The lowest BCUT2D eigenvalue weighted by Gasteiger charge is -2.57. The van der Waals surface area contributed by atoms with Crippen molar-refractivity contribution in [3.8, 4) is 6.07 Å². The third kappa shape index (κ3) is 1.39. The summed E-state index contributed by atoms with van der Waals surface area (Å²) in [7, 11) is 0. The molecule has 82 valence electrons. The molecule has 0 bridgehead atoms. The van der Waals surface area contributed by atoms with Crippen LogP contribution in [0.15, 0.2) is 18.2 Å². The van der Waals surface area contributed by atoms with Crippen LogP contribution < -0.4 is 4.90 Å². The summed E-state index contributed by atoms with van der Waals surface area (Å²) >= 11 is 5.98. The molecule has 0 radical (unpaired) electrons. The van der Waals surface area contributed by atoms with Crippen LogP contribution >= 0.6 is 11.6 Å². The molecule has 1 aliphatic carbocycles. The number of anilines is 1. The van der Waals surface area contributed by atoms with E-state index in [1.165, 1.54) is 19.3 Å². The van der Waals surface area contributed by atoms with Gasteiger partial charge in [-0.2, -0.15) is 5.26 Å². The van der Waals surface area contributed by atoms with Crippen LogP contribution in [0, 0.1) is 16.7 Å². The fourth-order valence-electron chi connectivity index (χ4n) is 2.79. The molecule has 1 aliphatic heterocycles. The van der Waals surface area contributed by atoms with Gasteiger partial charge in [0.25, 0.3) is 0 Å². The molecule has 1 spiro atoms. The first-order valence-electron chi connectivity index (χ1n) is 5.67. The third-order valence-electron chi connectivity index (χ3n) is 3.89. The third-order valence-corrected chi connectivity index (χ3v) is 4.12. The second-order valence-corrected chi connectivity index (χ2v) is 5.42. The summed E-state index contributed by atoms with van der Waals surface area (Å²) in [5.41, 5.74) is 2.32. The van der Waals surface area contributed by atoms with E-state index in [2.05, 4.69) is 11.0 Å². The minimum Gasteiger partial charge on any atom is -0.369 e. The number of nitriles is 1. The van der Waals surface area contributed by atoms with E-state index in [1.54, 1.807) is 6.07 Å². The van der Waals surface area contributed by atoms with Gasteiger partial charge in [-0.25, -0.2) is 0 Å². The lowest BCUT2D eigenvalue weighted by molar-refractivity contribution is 0.0904. The Hall–Kier alpha value is -1.20. The zero-order valence-corrected chi connectivity index (χ0v) is 9.80. The van der Waals surface area contributed by atoms with Crippen LogP contribution in [0.2, 0.25) is 5.02 Å². The van der Waals surface area contributed by atoms with E-state index >= 15 is 0 Å². The van der Waals surface area contributed by atoms with Gasteiger partial charge in [0.05, 0.1) is 11.3 Å². The Morgan fingerprint density at radius 1 is 1.31 bits per heavy atom. The largest absolute Gasteiger partial charge is 0.369 e. The number of hydrogen-bond acceptors (Lipinski definition) is 2. The molecule has 1 heterocycles. The minimum atomic E-state index is 0.578. The molecular weight excluding hydrogens is 220 g/mol. The molecule has 2 aliphatic rings. The van der Waals surface area contributed by atoms with Crippen LogP contribution in [0.4, 0.5) is 5.69 Å². The van der Waals surface area contributed by atoms with Gasteiger partial charge in [0, 0.05) is 23.5 Å². The van der Waals surface area contributed by atoms with E-state index in [9.17, 15) is 0 Å². The Morgan fingerprint density at radius 2 is 2.06 bits per heavy atom. The Balaban J connectivity index is 1.85. The molecule has 1 aromatic rings. The molecule has 0 N–H and O–H groups in total. The van der Waals surface area contributed by atoms with E-state index in [0.717, 1.165) is 24.3 Å². The second-order valence-electron chi connectivity index (χ2n) is 4.98. The van der Waals surface area contributed by atoms with Gasteiger partial charge < -0.3 is 4.90 Å². The van der Waals surface area contributed by atoms with Crippen molar-refractivity contribution in [3.05, 3.63) is 28.8 Å². The normalized spacial score (nSPS) is 21.1. The lowest BCUT2D eigenvalue weighted by Crippen LogP contribution is -2.60. The van der Waals surface area contributed by atoms with Gasteiger partial charge >= 0.3 is 0 Å². The highest BCUT2D eigenvalue weighted by Crippen LogP contribution is 2.50. The smallest absolute Gasteiger partial charge is 0.101 e. The van der Waals surface area contributed by atoms with Crippen molar-refractivity contribution in [1.29, 1.82) is 5.26 Å². The second kappa shape index (κ2) is 3.40. The maximum atomic E-state index is 9.06. The SMILES string of the molecule is N#Cc1ccc(Cl)cc1N1CC2(CCC2)C1. The highest BCUT2D eigenvalue weighted by atomic mass is 35.5. The fourth-order valence-corrected chi connectivity index (χ4v) is 2.95. The van der Waals surface area contributed by atoms with E-state index < -0.39 is 0 Å². The lowest BCUT2D eigenvalue weighted by atomic mass is 9.63. The van der Waals surface area contributed by atoms with Crippen molar-refractivity contribution in [1.82, 2.24) is 0 Å². The van der Waals surface area contributed by atoms with Gasteiger partial charge in [0.2, 0.25) is 0 Å². The number of nitrogens with zero attached hydrogens (tertiary/aromatic N) is 2. The Kier molecular flexibility index (Phi) is 2.12. The molecule has 1 saturated heterocycles. The van der Waals surface area contributed by atoms with Crippen molar-refractivity contribution in [2.45, 2.75) is 19.3 Å². The molecule has 2 nitrogen and oxygen atoms in total. The van der Waals surface area contributed by atoms with Crippen molar-refractivity contribution in [2.75, 3.05) is 18.0 Å². The quantitative estimate of drug-likeness (QED) is 0.744. The minimum absolute atomic E-state index is 0.578. The zero-order chi connectivity index (χ0) is 11.2. The van der Waals surface area contributed by atoms with Crippen molar-refractivity contribution < 1.29 is 0 Å². The molecule has 0 aromatic heterocycles. The molecule has 3 heteroatoms. The Bertz CT molecular complexity index is 463. The van der Waals surface area contributed by atoms with Crippen LogP contribution in [-0.4, -0.2) is 13.1 Å². The average molecular weight is 233 g/mol. The van der Waals surface area contributed by atoms with Gasteiger partial charge in [0.1, 0.15) is 6.07 Å². The summed E-state index contributed by atoms with van der Waals surface area (Å²) in [5, 5.41) is 9.77. The molecule has 1 aromatic carbocycles. The zero-order valence-electron chi connectivity index (χ0n) is 9.04. The van der Waals surface area contributed by atoms with Crippen LogP contribution in [0.3, 0.4) is 0 Å². The van der Waals surface area contributed by atoms with E-state index in [1.807, 2.05) is 12.1 Å². The average Bonchev–Trinajstić information content (AvgIpc) is 2.14. The molecule has 16 heavy (non-hydrogen) atoms. The number of hydrogen-bond donors (Lipinski definition) is 0. The summed E-state index contributed by atoms with van der Waals surface area (Å²) in [4.78, 5) is 2.28. The number of rotatable bonds is 1. The van der Waals surface area contributed by atoms with Crippen molar-refractivity contribution in [2.24, 2.45) is 5.41 Å². The summed E-state index contributed by atoms with van der Waals surface area (Å²) in [6.07, 6.45) is 4.08. The molecule has 1 saturated carbocycles. The van der Waals surface area contributed by atoms with Crippen LogP contribution in [0.5, 0.6) is 0 Å². The van der Waals surface area contributed by atoms with Gasteiger partial charge in [-0.05, 0) is 31.0 Å². The molecule has 0 unspecified atom stereocenters. The standard InChI is InChI=1S/C13H13ClN2/c14-11-3-2-10(7-15)12(6-11)16-8-13(9-16)4-1-5-13/h2-3,6H,1,4-5,8-9H2. The summed E-state index contributed by atoms with van der Waals surface area (Å²) in [5.74, 6) is 0. The van der Waals surface area contributed by atoms with Gasteiger partial charge in [0.15, 0.2) is 0 Å². The summed E-state index contributed by atoms with van der Waals surface area (Å²) in [6, 6.07) is 7.73. The summed E-state index contributed by atoms with van der Waals surface area (Å²) in [6.45, 7) is 2.20. The molecule has 0 amide bonds. The monoisotopic (exact) mass is 232 g/mol. The number of halogens is 1. The van der Waals surface area contributed by atoms with Crippen LogP contribution in [-0.2, 0) is 0 Å². The van der Waals surface area contributed by atoms with Crippen molar-refractivity contribution in [3.63, 3.8) is 0 Å². The van der Waals surface area contributed by atoms with Crippen molar-refractivity contribution >= 4 is 17.3 Å². The molecular formula is C13H13ClN2. The van der Waals surface area contributed by atoms with E-state index in [0.29, 0.717) is 10.4 Å². The summed E-state index contributed by atoms with van der Waals surface area (Å²) < 4.78 is 0. The first-order chi connectivity index (χ1) is 7.72. The molecule has 2 fully saturated rings. The van der Waals surface area contributed by atoms with Crippen LogP contribution in [0.1, 0.15) is 24.8 Å². The van der Waals surface area contributed by atoms with Gasteiger partial charge in [-0.3, -0.25) is 0 Å². The highest BCUT2D eigenvalue weighted by Gasteiger charge is 2.47. The maximum Gasteiger partial charge on any atom is 0.101 e. The van der Waals surface area contributed by atoms with Gasteiger partial charge in [-0.15, -0.1) is 0 Å². The predicted octanol–water partition coefficient (Wildman–Crippen LogP) is 3.20. The highest BCUT2D eigenvalue weighted by molar-refractivity contribution is 6.30. The molecule has 3 rings (SSSR count). The Morgan fingerprint density at radius 3 is 2.62 bits per heavy atom. The predicted molar refractivity (Wildman–Crippen MR) is 64.7 cm³/mol. The van der Waals surface area contributed by atoms with Gasteiger partial charge in [-0.1, -0.05) is 18.0 Å². The maximum absolute atomic E-state index is 9.06. The Labute approximate surface area is 100 Å². The topological polar surface area (TPSA) is 27.0 Å². The molecule has 0 atom stereocenters. The first-order valence-corrected chi connectivity index (χ1v) is 6.05.